The first-order valence-electron chi connectivity index (χ1n) is 4.43. The highest BCUT2D eigenvalue weighted by Crippen LogP contribution is 2.32. The van der Waals surface area contributed by atoms with E-state index in [1.54, 1.807) is 18.2 Å². The molecule has 0 unspecified atom stereocenters. The average molecular weight is 230 g/mol. The molecule has 0 spiro atoms. The molecule has 0 bridgehead atoms. The van der Waals surface area contributed by atoms with E-state index in [-0.39, 0.29) is 11.8 Å². The molecule has 1 saturated carbocycles. The largest absolute Gasteiger partial charge is 0.325 e. The molecule has 1 aromatic carbocycles. The molecular weight excluding hydrogens is 221 g/mol. The minimum Gasteiger partial charge on any atom is -0.325 e. The summed E-state index contributed by atoms with van der Waals surface area (Å²) < 4.78 is 0. The van der Waals surface area contributed by atoms with Gasteiger partial charge in [0, 0.05) is 10.9 Å². The van der Waals surface area contributed by atoms with E-state index in [0.29, 0.717) is 15.7 Å². The van der Waals surface area contributed by atoms with Crippen molar-refractivity contribution in [2.24, 2.45) is 5.92 Å². The van der Waals surface area contributed by atoms with Crippen LogP contribution in [-0.4, -0.2) is 5.91 Å². The van der Waals surface area contributed by atoms with Crippen LogP contribution < -0.4 is 5.32 Å². The van der Waals surface area contributed by atoms with E-state index in [1.807, 2.05) is 0 Å². The second kappa shape index (κ2) is 3.79. The van der Waals surface area contributed by atoms with Gasteiger partial charge < -0.3 is 5.32 Å². The summed E-state index contributed by atoms with van der Waals surface area (Å²) in [6, 6.07) is 5.03. The monoisotopic (exact) mass is 229 g/mol. The topological polar surface area (TPSA) is 29.1 Å². The molecule has 0 heterocycles. The van der Waals surface area contributed by atoms with Gasteiger partial charge in [-0.1, -0.05) is 23.2 Å². The standard InChI is InChI=1S/C10H9Cl2NO/c11-7-3-4-9(8(12)5-7)13-10(14)6-1-2-6/h3-6H,1-2H2,(H,13,14). The summed E-state index contributed by atoms with van der Waals surface area (Å²) in [5.41, 5.74) is 0.632. The van der Waals surface area contributed by atoms with E-state index in [0.717, 1.165) is 12.8 Å². The number of rotatable bonds is 2. The molecule has 4 heteroatoms. The summed E-state index contributed by atoms with van der Waals surface area (Å²) in [7, 11) is 0. The summed E-state index contributed by atoms with van der Waals surface area (Å²) in [5, 5.41) is 3.82. The fourth-order valence-electron chi connectivity index (χ4n) is 1.17. The minimum atomic E-state index is 0.0502. The predicted octanol–water partition coefficient (Wildman–Crippen LogP) is 3.34. The van der Waals surface area contributed by atoms with Crippen molar-refractivity contribution in [2.45, 2.75) is 12.8 Å². The third kappa shape index (κ3) is 2.20. The number of amides is 1. The van der Waals surface area contributed by atoms with Crippen LogP contribution in [0.2, 0.25) is 10.0 Å². The van der Waals surface area contributed by atoms with Crippen molar-refractivity contribution in [3.63, 3.8) is 0 Å². The summed E-state index contributed by atoms with van der Waals surface area (Å²) in [4.78, 5) is 11.4. The molecule has 1 N–H and O–H groups in total. The molecule has 74 valence electrons. The molecule has 0 aromatic heterocycles. The lowest BCUT2D eigenvalue weighted by molar-refractivity contribution is -0.117. The molecule has 1 aliphatic carbocycles. The summed E-state index contributed by atoms with van der Waals surface area (Å²) in [6.45, 7) is 0. The van der Waals surface area contributed by atoms with Crippen molar-refractivity contribution in [2.75, 3.05) is 5.32 Å². The summed E-state index contributed by atoms with van der Waals surface area (Å²) in [5.74, 6) is 0.232. The Morgan fingerprint density at radius 3 is 2.64 bits per heavy atom. The van der Waals surface area contributed by atoms with Gasteiger partial charge in [0.2, 0.25) is 5.91 Å². The van der Waals surface area contributed by atoms with Gasteiger partial charge in [0.25, 0.3) is 0 Å². The lowest BCUT2D eigenvalue weighted by atomic mass is 10.3. The Morgan fingerprint density at radius 2 is 2.07 bits per heavy atom. The van der Waals surface area contributed by atoms with Gasteiger partial charge in [0.15, 0.2) is 0 Å². The quantitative estimate of drug-likeness (QED) is 0.829. The maximum absolute atomic E-state index is 11.4. The number of hydrogen-bond acceptors (Lipinski definition) is 1. The SMILES string of the molecule is O=C(Nc1ccc(Cl)cc1Cl)C1CC1. The van der Waals surface area contributed by atoms with Gasteiger partial charge in [-0.05, 0) is 31.0 Å². The highest BCUT2D eigenvalue weighted by atomic mass is 35.5. The molecule has 1 amide bonds. The van der Waals surface area contributed by atoms with Crippen LogP contribution in [0.15, 0.2) is 18.2 Å². The van der Waals surface area contributed by atoms with Crippen LogP contribution in [-0.2, 0) is 4.79 Å². The van der Waals surface area contributed by atoms with Gasteiger partial charge in [-0.2, -0.15) is 0 Å². The molecule has 0 radical (unpaired) electrons. The molecule has 1 fully saturated rings. The molecule has 14 heavy (non-hydrogen) atoms. The van der Waals surface area contributed by atoms with Crippen LogP contribution in [0.3, 0.4) is 0 Å². The van der Waals surface area contributed by atoms with Crippen molar-refractivity contribution in [1.82, 2.24) is 0 Å². The van der Waals surface area contributed by atoms with Gasteiger partial charge in [0.05, 0.1) is 10.7 Å². The van der Waals surface area contributed by atoms with Crippen molar-refractivity contribution in [3.05, 3.63) is 28.2 Å². The Bertz CT molecular complexity index is 374. The zero-order chi connectivity index (χ0) is 10.1. The fraction of sp³-hybridized carbons (Fsp3) is 0.300. The van der Waals surface area contributed by atoms with E-state index in [9.17, 15) is 4.79 Å². The van der Waals surface area contributed by atoms with Gasteiger partial charge in [0.1, 0.15) is 0 Å². The summed E-state index contributed by atoms with van der Waals surface area (Å²) in [6.07, 6.45) is 1.97. The Kier molecular flexibility index (Phi) is 2.66. The molecular formula is C10H9Cl2NO. The fourth-order valence-corrected chi connectivity index (χ4v) is 1.63. The summed E-state index contributed by atoms with van der Waals surface area (Å²) >= 11 is 11.6. The van der Waals surface area contributed by atoms with Crippen molar-refractivity contribution in [1.29, 1.82) is 0 Å². The number of anilines is 1. The van der Waals surface area contributed by atoms with Crippen LogP contribution in [0.1, 0.15) is 12.8 Å². The number of halogens is 2. The Labute approximate surface area is 92.2 Å². The molecule has 0 atom stereocenters. The Hall–Kier alpha value is -0.730. The molecule has 1 aromatic rings. The van der Waals surface area contributed by atoms with Crippen molar-refractivity contribution >= 4 is 34.8 Å². The lowest BCUT2D eigenvalue weighted by Gasteiger charge is -2.06. The Balaban J connectivity index is 2.11. The van der Waals surface area contributed by atoms with E-state index in [1.165, 1.54) is 0 Å². The molecule has 2 nitrogen and oxygen atoms in total. The van der Waals surface area contributed by atoms with Crippen LogP contribution in [0.5, 0.6) is 0 Å². The number of carbonyl (C=O) groups is 1. The van der Waals surface area contributed by atoms with Gasteiger partial charge in [-0.25, -0.2) is 0 Å². The average Bonchev–Trinajstić information content (AvgIpc) is 2.92. The van der Waals surface area contributed by atoms with Crippen LogP contribution in [0, 0.1) is 5.92 Å². The minimum absolute atomic E-state index is 0.0502. The van der Waals surface area contributed by atoms with E-state index in [4.69, 9.17) is 23.2 Å². The van der Waals surface area contributed by atoms with Gasteiger partial charge in [-0.3, -0.25) is 4.79 Å². The first kappa shape index (κ1) is 9.81. The van der Waals surface area contributed by atoms with Gasteiger partial charge in [-0.15, -0.1) is 0 Å². The zero-order valence-corrected chi connectivity index (χ0v) is 8.90. The van der Waals surface area contributed by atoms with E-state index in [2.05, 4.69) is 5.32 Å². The number of benzene rings is 1. The normalized spacial score (nSPS) is 15.3. The first-order valence-corrected chi connectivity index (χ1v) is 5.18. The Morgan fingerprint density at radius 1 is 1.36 bits per heavy atom. The van der Waals surface area contributed by atoms with Crippen molar-refractivity contribution in [3.8, 4) is 0 Å². The second-order valence-corrected chi connectivity index (χ2v) is 4.23. The predicted molar refractivity (Wildman–Crippen MR) is 57.8 cm³/mol. The third-order valence-corrected chi connectivity index (χ3v) is 2.68. The highest BCUT2D eigenvalue weighted by molar-refractivity contribution is 6.36. The maximum atomic E-state index is 11.4. The van der Waals surface area contributed by atoms with Crippen LogP contribution in [0.4, 0.5) is 5.69 Å². The van der Waals surface area contributed by atoms with E-state index >= 15 is 0 Å². The van der Waals surface area contributed by atoms with Crippen LogP contribution in [0.25, 0.3) is 0 Å². The lowest BCUT2D eigenvalue weighted by Crippen LogP contribution is -2.13. The number of hydrogen-bond donors (Lipinski definition) is 1. The molecule has 2 rings (SSSR count). The maximum Gasteiger partial charge on any atom is 0.227 e. The molecule has 1 aliphatic rings. The van der Waals surface area contributed by atoms with Crippen molar-refractivity contribution < 1.29 is 4.79 Å². The smallest absolute Gasteiger partial charge is 0.227 e. The zero-order valence-electron chi connectivity index (χ0n) is 7.39. The number of carbonyl (C=O) groups excluding carboxylic acids is 1. The molecule has 0 aliphatic heterocycles. The number of nitrogens with one attached hydrogen (secondary N) is 1. The van der Waals surface area contributed by atoms with Gasteiger partial charge >= 0.3 is 0 Å². The first-order chi connectivity index (χ1) is 6.66. The van der Waals surface area contributed by atoms with Crippen LogP contribution >= 0.6 is 23.2 Å². The van der Waals surface area contributed by atoms with E-state index < -0.39 is 0 Å². The molecule has 0 saturated heterocycles. The highest BCUT2D eigenvalue weighted by Gasteiger charge is 2.29. The third-order valence-electron chi connectivity index (χ3n) is 2.14. The second-order valence-electron chi connectivity index (χ2n) is 3.39.